The van der Waals surface area contributed by atoms with Gasteiger partial charge in [0.15, 0.2) is 0 Å². The van der Waals surface area contributed by atoms with Crippen LogP contribution in [0.15, 0.2) is 18.2 Å². The molecule has 1 aromatic carbocycles. The molecule has 2 N–H and O–H groups in total. The molecule has 0 fully saturated rings. The van der Waals surface area contributed by atoms with Crippen molar-refractivity contribution in [3.05, 3.63) is 28.8 Å². The van der Waals surface area contributed by atoms with Gasteiger partial charge in [0.05, 0.1) is 17.2 Å². The van der Waals surface area contributed by atoms with Gasteiger partial charge in [0.2, 0.25) is 0 Å². The first-order valence-electron chi connectivity index (χ1n) is 5.63. The van der Waals surface area contributed by atoms with Crippen molar-refractivity contribution in [2.45, 2.75) is 26.3 Å². The van der Waals surface area contributed by atoms with Gasteiger partial charge < -0.3 is 10.4 Å². The molecule has 0 radical (unpaired) electrons. The molecule has 0 spiro atoms. The Bertz CT molecular complexity index is 412. The summed E-state index contributed by atoms with van der Waals surface area (Å²) in [6.07, 6.45) is 0.883. The Labute approximate surface area is 107 Å². The topological polar surface area (TPSA) is 56.0 Å². The number of nitriles is 1. The Kier molecular flexibility index (Phi) is 5.27. The number of hydrogen-bond donors (Lipinski definition) is 2. The van der Waals surface area contributed by atoms with Crippen molar-refractivity contribution in [1.29, 1.82) is 5.26 Å². The zero-order chi connectivity index (χ0) is 12.8. The van der Waals surface area contributed by atoms with Crippen LogP contribution in [0.3, 0.4) is 0 Å². The van der Waals surface area contributed by atoms with Gasteiger partial charge in [0.1, 0.15) is 6.07 Å². The third-order valence-electron chi connectivity index (χ3n) is 2.44. The van der Waals surface area contributed by atoms with Crippen molar-refractivity contribution in [3.63, 3.8) is 0 Å². The molecule has 0 heterocycles. The van der Waals surface area contributed by atoms with Crippen LogP contribution in [0, 0.1) is 17.2 Å². The lowest BCUT2D eigenvalue weighted by atomic mass is 10.0. The summed E-state index contributed by atoms with van der Waals surface area (Å²) >= 11 is 5.94. The first kappa shape index (κ1) is 13.8. The van der Waals surface area contributed by atoms with E-state index in [4.69, 9.17) is 16.9 Å². The summed E-state index contributed by atoms with van der Waals surface area (Å²) in [5.74, 6) is 0.508. The third-order valence-corrected chi connectivity index (χ3v) is 2.75. The summed E-state index contributed by atoms with van der Waals surface area (Å²) in [4.78, 5) is 0. The normalized spacial score (nSPS) is 12.2. The molecular weight excluding hydrogens is 236 g/mol. The summed E-state index contributed by atoms with van der Waals surface area (Å²) in [5.41, 5.74) is 1.29. The van der Waals surface area contributed by atoms with E-state index in [0.29, 0.717) is 16.5 Å². The molecule has 0 bridgehead atoms. The molecule has 17 heavy (non-hydrogen) atoms. The van der Waals surface area contributed by atoms with E-state index in [1.165, 1.54) is 0 Å². The van der Waals surface area contributed by atoms with Crippen LogP contribution in [0.1, 0.15) is 25.8 Å². The van der Waals surface area contributed by atoms with Gasteiger partial charge in [-0.1, -0.05) is 25.4 Å². The van der Waals surface area contributed by atoms with Crippen LogP contribution in [-0.4, -0.2) is 17.8 Å². The minimum Gasteiger partial charge on any atom is -0.394 e. The summed E-state index contributed by atoms with van der Waals surface area (Å²) in [6.45, 7) is 4.29. The van der Waals surface area contributed by atoms with Crippen LogP contribution in [0.25, 0.3) is 0 Å². The number of nitrogens with one attached hydrogen (secondary N) is 1. The van der Waals surface area contributed by atoms with Gasteiger partial charge in [-0.05, 0) is 30.5 Å². The van der Waals surface area contributed by atoms with Gasteiger partial charge in [0, 0.05) is 11.7 Å². The predicted molar refractivity (Wildman–Crippen MR) is 70.1 cm³/mol. The van der Waals surface area contributed by atoms with Crippen molar-refractivity contribution in [1.82, 2.24) is 0 Å². The van der Waals surface area contributed by atoms with Gasteiger partial charge in [0.25, 0.3) is 0 Å². The Morgan fingerprint density at radius 2 is 2.18 bits per heavy atom. The molecule has 1 aromatic rings. The van der Waals surface area contributed by atoms with E-state index in [1.54, 1.807) is 18.2 Å². The predicted octanol–water partition coefficient (Wildman–Crippen LogP) is 3.03. The molecule has 0 amide bonds. The first-order valence-corrected chi connectivity index (χ1v) is 6.01. The smallest absolute Gasteiger partial charge is 0.101 e. The van der Waals surface area contributed by atoms with E-state index in [1.807, 2.05) is 6.07 Å². The van der Waals surface area contributed by atoms with Crippen molar-refractivity contribution >= 4 is 17.3 Å². The minimum atomic E-state index is 0.0130. The molecule has 4 heteroatoms. The van der Waals surface area contributed by atoms with Crippen LogP contribution < -0.4 is 5.32 Å². The highest BCUT2D eigenvalue weighted by atomic mass is 35.5. The van der Waals surface area contributed by atoms with E-state index in [-0.39, 0.29) is 12.6 Å². The van der Waals surface area contributed by atoms with Gasteiger partial charge in [-0.2, -0.15) is 5.26 Å². The van der Waals surface area contributed by atoms with Crippen molar-refractivity contribution in [2.24, 2.45) is 5.92 Å². The van der Waals surface area contributed by atoms with Crippen molar-refractivity contribution in [2.75, 3.05) is 11.9 Å². The van der Waals surface area contributed by atoms with E-state index >= 15 is 0 Å². The number of halogens is 1. The molecule has 92 valence electrons. The number of hydrogen-bond acceptors (Lipinski definition) is 3. The Hall–Kier alpha value is -1.24. The zero-order valence-corrected chi connectivity index (χ0v) is 10.8. The Morgan fingerprint density at radius 3 is 2.65 bits per heavy atom. The van der Waals surface area contributed by atoms with Crippen molar-refractivity contribution in [3.8, 4) is 6.07 Å². The van der Waals surface area contributed by atoms with E-state index < -0.39 is 0 Å². The van der Waals surface area contributed by atoms with E-state index in [0.717, 1.165) is 12.1 Å². The largest absolute Gasteiger partial charge is 0.394 e. The van der Waals surface area contributed by atoms with Crippen LogP contribution in [0.2, 0.25) is 5.02 Å². The number of aliphatic hydroxyl groups excluding tert-OH is 1. The molecule has 0 saturated heterocycles. The maximum Gasteiger partial charge on any atom is 0.101 e. The quantitative estimate of drug-likeness (QED) is 0.847. The van der Waals surface area contributed by atoms with Crippen LogP contribution in [0.5, 0.6) is 0 Å². The average molecular weight is 253 g/mol. The fourth-order valence-corrected chi connectivity index (χ4v) is 1.90. The molecule has 0 aliphatic carbocycles. The van der Waals surface area contributed by atoms with Gasteiger partial charge in [-0.15, -0.1) is 0 Å². The standard InChI is InChI=1S/C13H17ClN2O/c1-9(2)5-12(8-17)16-11-4-3-10(7-15)13(14)6-11/h3-4,6,9,12,16-17H,5,8H2,1-2H3. The molecular formula is C13H17ClN2O. The van der Waals surface area contributed by atoms with Crippen LogP contribution in [0.4, 0.5) is 5.69 Å². The summed E-state index contributed by atoms with van der Waals surface area (Å²) < 4.78 is 0. The van der Waals surface area contributed by atoms with Crippen molar-refractivity contribution < 1.29 is 5.11 Å². The second-order valence-electron chi connectivity index (χ2n) is 4.46. The number of nitrogens with zero attached hydrogens (tertiary/aromatic N) is 1. The zero-order valence-electron chi connectivity index (χ0n) is 10.1. The molecule has 0 aliphatic rings. The van der Waals surface area contributed by atoms with E-state index in [9.17, 15) is 5.11 Å². The maximum absolute atomic E-state index is 9.26. The second kappa shape index (κ2) is 6.48. The summed E-state index contributed by atoms with van der Waals surface area (Å²) in [7, 11) is 0. The molecule has 0 saturated carbocycles. The maximum atomic E-state index is 9.26. The van der Waals surface area contributed by atoms with Crippen LogP contribution >= 0.6 is 11.6 Å². The number of benzene rings is 1. The lowest BCUT2D eigenvalue weighted by Crippen LogP contribution is -2.25. The molecule has 1 rings (SSSR count). The molecule has 1 unspecified atom stereocenters. The highest BCUT2D eigenvalue weighted by molar-refractivity contribution is 6.32. The second-order valence-corrected chi connectivity index (χ2v) is 4.87. The highest BCUT2D eigenvalue weighted by Gasteiger charge is 2.10. The third kappa shape index (κ3) is 4.26. The lowest BCUT2D eigenvalue weighted by molar-refractivity contribution is 0.259. The summed E-state index contributed by atoms with van der Waals surface area (Å²) in [5, 5.41) is 21.7. The van der Waals surface area contributed by atoms with Crippen LogP contribution in [-0.2, 0) is 0 Å². The summed E-state index contributed by atoms with van der Waals surface area (Å²) in [6, 6.07) is 7.21. The molecule has 3 nitrogen and oxygen atoms in total. The number of aliphatic hydroxyl groups is 1. The number of rotatable bonds is 5. The Balaban J connectivity index is 2.74. The fraction of sp³-hybridized carbons (Fsp3) is 0.462. The number of anilines is 1. The van der Waals surface area contributed by atoms with E-state index in [2.05, 4.69) is 19.2 Å². The molecule has 0 aromatic heterocycles. The van der Waals surface area contributed by atoms with Gasteiger partial charge in [-0.25, -0.2) is 0 Å². The average Bonchev–Trinajstić information content (AvgIpc) is 2.27. The molecule has 0 aliphatic heterocycles. The monoisotopic (exact) mass is 252 g/mol. The highest BCUT2D eigenvalue weighted by Crippen LogP contribution is 2.21. The van der Waals surface area contributed by atoms with Gasteiger partial charge in [-0.3, -0.25) is 0 Å². The minimum absolute atomic E-state index is 0.0130. The Morgan fingerprint density at radius 1 is 1.47 bits per heavy atom. The SMILES string of the molecule is CC(C)CC(CO)Nc1ccc(C#N)c(Cl)c1. The fourth-order valence-electron chi connectivity index (χ4n) is 1.68. The lowest BCUT2D eigenvalue weighted by Gasteiger charge is -2.19. The first-order chi connectivity index (χ1) is 8.06. The molecule has 1 atom stereocenters. The van der Waals surface area contributed by atoms with Gasteiger partial charge >= 0.3 is 0 Å².